The third kappa shape index (κ3) is 3.47. The predicted molar refractivity (Wildman–Crippen MR) is 70.2 cm³/mol. The van der Waals surface area contributed by atoms with E-state index < -0.39 is 16.8 Å². The van der Waals surface area contributed by atoms with Crippen LogP contribution in [0.5, 0.6) is 0 Å². The van der Waals surface area contributed by atoms with Gasteiger partial charge in [-0.1, -0.05) is 27.7 Å². The minimum atomic E-state index is -0.774. The molecule has 0 bridgehead atoms. The van der Waals surface area contributed by atoms with Crippen molar-refractivity contribution in [3.63, 3.8) is 0 Å². The van der Waals surface area contributed by atoms with Gasteiger partial charge in [0.25, 0.3) is 0 Å². The lowest BCUT2D eigenvalue weighted by Crippen LogP contribution is -2.47. The minimum Gasteiger partial charge on any atom is -0.481 e. The standard InChI is InChI=1S/C14H25NO3/c1-10-5-7-14(8-6-10,12(17)18)9-15-11(16)13(2,3)4/h10H,5-9H2,1-4H3,(H,15,16)(H,17,18). The number of amides is 1. The molecule has 0 radical (unpaired) electrons. The van der Waals surface area contributed by atoms with E-state index >= 15 is 0 Å². The fraction of sp³-hybridized carbons (Fsp3) is 0.857. The van der Waals surface area contributed by atoms with E-state index in [0.29, 0.717) is 18.8 Å². The van der Waals surface area contributed by atoms with Crippen LogP contribution in [-0.4, -0.2) is 23.5 Å². The molecular weight excluding hydrogens is 230 g/mol. The minimum absolute atomic E-state index is 0.0817. The van der Waals surface area contributed by atoms with Crippen molar-refractivity contribution in [2.24, 2.45) is 16.7 Å². The molecule has 4 heteroatoms. The van der Waals surface area contributed by atoms with Crippen LogP contribution in [0.1, 0.15) is 53.4 Å². The molecule has 18 heavy (non-hydrogen) atoms. The lowest BCUT2D eigenvalue weighted by Gasteiger charge is -2.36. The topological polar surface area (TPSA) is 66.4 Å². The first-order valence-corrected chi connectivity index (χ1v) is 6.69. The first-order chi connectivity index (χ1) is 8.17. The molecule has 1 rings (SSSR count). The van der Waals surface area contributed by atoms with Crippen LogP contribution in [0.4, 0.5) is 0 Å². The summed E-state index contributed by atoms with van der Waals surface area (Å²) >= 11 is 0. The summed E-state index contributed by atoms with van der Waals surface area (Å²) in [7, 11) is 0. The average molecular weight is 255 g/mol. The molecule has 0 aromatic carbocycles. The van der Waals surface area contributed by atoms with Gasteiger partial charge in [0.1, 0.15) is 0 Å². The highest BCUT2D eigenvalue weighted by atomic mass is 16.4. The van der Waals surface area contributed by atoms with Crippen LogP contribution in [0.2, 0.25) is 0 Å². The SMILES string of the molecule is CC1CCC(CNC(=O)C(C)(C)C)(C(=O)O)CC1. The maximum absolute atomic E-state index is 11.8. The maximum Gasteiger partial charge on any atom is 0.311 e. The summed E-state index contributed by atoms with van der Waals surface area (Å²) in [6.07, 6.45) is 3.18. The molecule has 1 saturated carbocycles. The van der Waals surface area contributed by atoms with Crippen molar-refractivity contribution in [1.82, 2.24) is 5.32 Å². The number of aliphatic carboxylic acids is 1. The summed E-state index contributed by atoms with van der Waals surface area (Å²) < 4.78 is 0. The van der Waals surface area contributed by atoms with Crippen molar-refractivity contribution >= 4 is 11.9 Å². The Bertz CT molecular complexity index is 322. The molecule has 104 valence electrons. The Hall–Kier alpha value is -1.06. The van der Waals surface area contributed by atoms with E-state index in [4.69, 9.17) is 0 Å². The lowest BCUT2D eigenvalue weighted by molar-refractivity contribution is -0.151. The highest BCUT2D eigenvalue weighted by Crippen LogP contribution is 2.38. The summed E-state index contributed by atoms with van der Waals surface area (Å²) in [5, 5.41) is 12.2. The molecule has 0 aliphatic heterocycles. The van der Waals surface area contributed by atoms with E-state index in [0.717, 1.165) is 12.8 Å². The Labute approximate surface area is 109 Å². The van der Waals surface area contributed by atoms with Gasteiger partial charge in [0.05, 0.1) is 5.41 Å². The Morgan fingerprint density at radius 2 is 1.78 bits per heavy atom. The Balaban J connectivity index is 2.65. The van der Waals surface area contributed by atoms with Crippen molar-refractivity contribution in [3.05, 3.63) is 0 Å². The molecule has 4 nitrogen and oxygen atoms in total. The molecular formula is C14H25NO3. The van der Waals surface area contributed by atoms with Gasteiger partial charge in [-0.05, 0) is 31.6 Å². The molecule has 0 unspecified atom stereocenters. The summed E-state index contributed by atoms with van der Waals surface area (Å²) in [6, 6.07) is 0. The van der Waals surface area contributed by atoms with E-state index in [1.807, 2.05) is 20.8 Å². The first kappa shape index (κ1) is 15.0. The van der Waals surface area contributed by atoms with Crippen molar-refractivity contribution in [2.45, 2.75) is 53.4 Å². The van der Waals surface area contributed by atoms with Crippen LogP contribution in [0.3, 0.4) is 0 Å². The Kier molecular flexibility index (Phi) is 4.41. The highest BCUT2D eigenvalue weighted by molar-refractivity contribution is 5.82. The van der Waals surface area contributed by atoms with Gasteiger partial charge in [0, 0.05) is 12.0 Å². The molecule has 1 aliphatic carbocycles. The summed E-state index contributed by atoms with van der Waals surface area (Å²) in [6.45, 7) is 7.90. The van der Waals surface area contributed by atoms with Gasteiger partial charge in [0.15, 0.2) is 0 Å². The number of carboxylic acid groups (broad SMARTS) is 1. The van der Waals surface area contributed by atoms with Crippen LogP contribution in [0, 0.1) is 16.7 Å². The van der Waals surface area contributed by atoms with Crippen molar-refractivity contribution in [1.29, 1.82) is 0 Å². The van der Waals surface area contributed by atoms with Gasteiger partial charge in [-0.25, -0.2) is 0 Å². The quantitative estimate of drug-likeness (QED) is 0.814. The van der Waals surface area contributed by atoms with Crippen LogP contribution in [0.25, 0.3) is 0 Å². The molecule has 0 atom stereocenters. The number of hydrogen-bond acceptors (Lipinski definition) is 2. The maximum atomic E-state index is 11.8. The Morgan fingerprint density at radius 1 is 1.28 bits per heavy atom. The van der Waals surface area contributed by atoms with Crippen molar-refractivity contribution < 1.29 is 14.7 Å². The first-order valence-electron chi connectivity index (χ1n) is 6.69. The van der Waals surface area contributed by atoms with Crippen molar-refractivity contribution in [2.75, 3.05) is 6.54 Å². The highest BCUT2D eigenvalue weighted by Gasteiger charge is 2.41. The predicted octanol–water partition coefficient (Wildman–Crippen LogP) is 2.43. The molecule has 0 saturated heterocycles. The number of rotatable bonds is 3. The fourth-order valence-electron chi connectivity index (χ4n) is 2.30. The van der Waals surface area contributed by atoms with Crippen molar-refractivity contribution in [3.8, 4) is 0 Å². The monoisotopic (exact) mass is 255 g/mol. The zero-order chi connectivity index (χ0) is 14.0. The molecule has 0 heterocycles. The molecule has 1 fully saturated rings. The van der Waals surface area contributed by atoms with Gasteiger partial charge in [-0.3, -0.25) is 9.59 Å². The van der Waals surface area contributed by atoms with Crippen LogP contribution in [-0.2, 0) is 9.59 Å². The second kappa shape index (κ2) is 5.29. The van der Waals surface area contributed by atoms with E-state index in [-0.39, 0.29) is 12.5 Å². The van der Waals surface area contributed by atoms with Gasteiger partial charge in [-0.15, -0.1) is 0 Å². The van der Waals surface area contributed by atoms with Crippen LogP contribution < -0.4 is 5.32 Å². The zero-order valence-electron chi connectivity index (χ0n) is 11.9. The smallest absolute Gasteiger partial charge is 0.311 e. The van der Waals surface area contributed by atoms with Crippen LogP contribution >= 0.6 is 0 Å². The average Bonchev–Trinajstić information content (AvgIpc) is 2.26. The van der Waals surface area contributed by atoms with Gasteiger partial charge in [0.2, 0.25) is 5.91 Å². The van der Waals surface area contributed by atoms with Gasteiger partial charge < -0.3 is 10.4 Å². The zero-order valence-corrected chi connectivity index (χ0v) is 11.9. The van der Waals surface area contributed by atoms with E-state index in [1.54, 1.807) is 0 Å². The number of nitrogens with one attached hydrogen (secondary N) is 1. The van der Waals surface area contributed by atoms with Gasteiger partial charge >= 0.3 is 5.97 Å². The fourth-order valence-corrected chi connectivity index (χ4v) is 2.30. The molecule has 1 aliphatic rings. The molecule has 0 aromatic rings. The molecule has 1 amide bonds. The second-order valence-electron chi connectivity index (χ2n) is 6.70. The third-order valence-corrected chi connectivity index (χ3v) is 3.95. The number of carbonyl (C=O) groups excluding carboxylic acids is 1. The summed E-state index contributed by atoms with van der Waals surface area (Å²) in [5.41, 5.74) is -1.23. The van der Waals surface area contributed by atoms with E-state index in [9.17, 15) is 14.7 Å². The third-order valence-electron chi connectivity index (χ3n) is 3.95. The Morgan fingerprint density at radius 3 is 2.17 bits per heavy atom. The number of carboxylic acids is 1. The largest absolute Gasteiger partial charge is 0.481 e. The lowest BCUT2D eigenvalue weighted by atomic mass is 9.70. The number of hydrogen-bond donors (Lipinski definition) is 2. The molecule has 0 spiro atoms. The summed E-state index contributed by atoms with van der Waals surface area (Å²) in [5.74, 6) is -0.263. The molecule has 2 N–H and O–H groups in total. The second-order valence-corrected chi connectivity index (χ2v) is 6.70. The van der Waals surface area contributed by atoms with Gasteiger partial charge in [-0.2, -0.15) is 0 Å². The number of carbonyl (C=O) groups is 2. The summed E-state index contributed by atoms with van der Waals surface area (Å²) in [4.78, 5) is 23.3. The van der Waals surface area contributed by atoms with E-state index in [1.165, 1.54) is 0 Å². The van der Waals surface area contributed by atoms with Crippen LogP contribution in [0.15, 0.2) is 0 Å². The molecule has 0 aromatic heterocycles. The van der Waals surface area contributed by atoms with E-state index in [2.05, 4.69) is 12.2 Å². The normalized spacial score (nSPS) is 28.8.